The van der Waals surface area contributed by atoms with E-state index in [9.17, 15) is 4.79 Å². The minimum atomic E-state index is 0.175. The molecule has 110 valence electrons. The van der Waals surface area contributed by atoms with Crippen LogP contribution >= 0.6 is 11.6 Å². The maximum Gasteiger partial charge on any atom is 0.227 e. The van der Waals surface area contributed by atoms with Gasteiger partial charge in [-0.05, 0) is 37.4 Å². The van der Waals surface area contributed by atoms with E-state index in [0.717, 1.165) is 31.6 Å². The summed E-state index contributed by atoms with van der Waals surface area (Å²) in [5.74, 6) is 0.175. The predicted molar refractivity (Wildman–Crippen MR) is 83.1 cm³/mol. The lowest BCUT2D eigenvalue weighted by atomic mass is 10.1. The zero-order chi connectivity index (χ0) is 14.4. The number of rotatable bonds is 6. The van der Waals surface area contributed by atoms with E-state index >= 15 is 0 Å². The van der Waals surface area contributed by atoms with Crippen LogP contribution < -0.4 is 5.32 Å². The van der Waals surface area contributed by atoms with E-state index < -0.39 is 0 Å². The van der Waals surface area contributed by atoms with Crippen LogP contribution in [0, 0.1) is 0 Å². The molecule has 20 heavy (non-hydrogen) atoms. The maximum atomic E-state index is 12.5. The monoisotopic (exact) mass is 294 g/mol. The summed E-state index contributed by atoms with van der Waals surface area (Å²) in [6.45, 7) is 4.82. The van der Waals surface area contributed by atoms with Crippen LogP contribution in [0.5, 0.6) is 0 Å². The fourth-order valence-corrected chi connectivity index (χ4v) is 2.89. The van der Waals surface area contributed by atoms with Gasteiger partial charge in [-0.15, -0.1) is 0 Å². The van der Waals surface area contributed by atoms with E-state index in [1.807, 2.05) is 29.2 Å². The minimum absolute atomic E-state index is 0.175. The SMILES string of the molecule is CCCN(CC1CCCN1)C(=O)Cc1ccccc1Cl. The third-order valence-corrected chi connectivity index (χ3v) is 4.12. The van der Waals surface area contributed by atoms with Crippen molar-refractivity contribution >= 4 is 17.5 Å². The van der Waals surface area contributed by atoms with Gasteiger partial charge in [0.1, 0.15) is 0 Å². The molecule has 1 amide bonds. The van der Waals surface area contributed by atoms with Gasteiger partial charge in [-0.25, -0.2) is 0 Å². The van der Waals surface area contributed by atoms with Gasteiger partial charge in [0.05, 0.1) is 6.42 Å². The summed E-state index contributed by atoms with van der Waals surface area (Å²) < 4.78 is 0. The van der Waals surface area contributed by atoms with E-state index in [0.29, 0.717) is 17.5 Å². The van der Waals surface area contributed by atoms with Gasteiger partial charge in [-0.3, -0.25) is 4.79 Å². The van der Waals surface area contributed by atoms with Gasteiger partial charge in [0.15, 0.2) is 0 Å². The van der Waals surface area contributed by atoms with Crippen LogP contribution in [0.1, 0.15) is 31.7 Å². The zero-order valence-electron chi connectivity index (χ0n) is 12.1. The molecule has 3 nitrogen and oxygen atoms in total. The quantitative estimate of drug-likeness (QED) is 0.875. The molecule has 0 spiro atoms. The number of hydrogen-bond donors (Lipinski definition) is 1. The Morgan fingerprint density at radius 3 is 2.90 bits per heavy atom. The lowest BCUT2D eigenvalue weighted by Crippen LogP contribution is -2.42. The number of amides is 1. The molecule has 0 radical (unpaired) electrons. The normalized spacial score (nSPS) is 18.2. The van der Waals surface area contributed by atoms with Crippen LogP contribution in [0.2, 0.25) is 5.02 Å². The van der Waals surface area contributed by atoms with Crippen LogP contribution in [-0.4, -0.2) is 36.5 Å². The highest BCUT2D eigenvalue weighted by Gasteiger charge is 2.21. The summed E-state index contributed by atoms with van der Waals surface area (Å²) in [5, 5.41) is 4.13. The molecule has 2 rings (SSSR count). The van der Waals surface area contributed by atoms with E-state index in [4.69, 9.17) is 11.6 Å². The number of hydrogen-bond acceptors (Lipinski definition) is 2. The third kappa shape index (κ3) is 4.22. The largest absolute Gasteiger partial charge is 0.341 e. The summed E-state index contributed by atoms with van der Waals surface area (Å²) in [6, 6.07) is 8.04. The van der Waals surface area contributed by atoms with Crippen molar-refractivity contribution in [2.45, 2.75) is 38.6 Å². The standard InChI is InChI=1S/C16H23ClN2O/c1-2-10-19(12-14-7-5-9-18-14)16(20)11-13-6-3-4-8-15(13)17/h3-4,6,8,14,18H,2,5,7,9-12H2,1H3. The first-order valence-electron chi connectivity index (χ1n) is 7.45. The highest BCUT2D eigenvalue weighted by molar-refractivity contribution is 6.31. The number of benzene rings is 1. The second-order valence-electron chi connectivity index (χ2n) is 5.40. The van der Waals surface area contributed by atoms with Gasteiger partial charge in [-0.1, -0.05) is 36.7 Å². The molecule has 1 atom stereocenters. The number of halogens is 1. The molecular weight excluding hydrogens is 272 g/mol. The second-order valence-corrected chi connectivity index (χ2v) is 5.81. The van der Waals surface area contributed by atoms with Crippen LogP contribution in [0.25, 0.3) is 0 Å². The zero-order valence-corrected chi connectivity index (χ0v) is 12.8. The Bertz CT molecular complexity index is 444. The van der Waals surface area contributed by atoms with Crippen molar-refractivity contribution < 1.29 is 4.79 Å². The van der Waals surface area contributed by atoms with E-state index in [2.05, 4.69) is 12.2 Å². The smallest absolute Gasteiger partial charge is 0.227 e. The van der Waals surface area contributed by atoms with E-state index in [1.165, 1.54) is 12.8 Å². The summed E-state index contributed by atoms with van der Waals surface area (Å²) in [5.41, 5.74) is 0.916. The predicted octanol–water partition coefficient (Wildman–Crippen LogP) is 2.87. The number of nitrogens with zero attached hydrogens (tertiary/aromatic N) is 1. The maximum absolute atomic E-state index is 12.5. The van der Waals surface area contributed by atoms with Crippen LogP contribution in [0.15, 0.2) is 24.3 Å². The lowest BCUT2D eigenvalue weighted by molar-refractivity contribution is -0.130. The average Bonchev–Trinajstić information content (AvgIpc) is 2.94. The van der Waals surface area contributed by atoms with Gasteiger partial charge >= 0.3 is 0 Å². The molecule has 1 aromatic carbocycles. The van der Waals surface area contributed by atoms with Crippen LogP contribution in [-0.2, 0) is 11.2 Å². The van der Waals surface area contributed by atoms with Crippen molar-refractivity contribution in [1.29, 1.82) is 0 Å². The van der Waals surface area contributed by atoms with E-state index in [-0.39, 0.29) is 5.91 Å². The first-order valence-corrected chi connectivity index (χ1v) is 7.83. The molecule has 1 fully saturated rings. The Morgan fingerprint density at radius 1 is 1.45 bits per heavy atom. The second kappa shape index (κ2) is 7.65. The van der Waals surface area contributed by atoms with Crippen LogP contribution in [0.3, 0.4) is 0 Å². The van der Waals surface area contributed by atoms with Crippen molar-refractivity contribution in [2.24, 2.45) is 0 Å². The Hall–Kier alpha value is -1.06. The van der Waals surface area contributed by atoms with Crippen molar-refractivity contribution in [3.05, 3.63) is 34.9 Å². The van der Waals surface area contributed by atoms with Crippen molar-refractivity contribution in [1.82, 2.24) is 10.2 Å². The van der Waals surface area contributed by atoms with Gasteiger partial charge < -0.3 is 10.2 Å². The van der Waals surface area contributed by atoms with E-state index in [1.54, 1.807) is 0 Å². The van der Waals surface area contributed by atoms with Crippen molar-refractivity contribution in [3.63, 3.8) is 0 Å². The number of carbonyl (C=O) groups excluding carboxylic acids is 1. The molecule has 4 heteroatoms. The summed E-state index contributed by atoms with van der Waals surface area (Å²) in [6.07, 6.45) is 3.76. The van der Waals surface area contributed by atoms with Gasteiger partial charge in [-0.2, -0.15) is 0 Å². The fraction of sp³-hybridized carbons (Fsp3) is 0.562. The lowest BCUT2D eigenvalue weighted by Gasteiger charge is -2.25. The molecule has 1 aromatic rings. The summed E-state index contributed by atoms with van der Waals surface area (Å²) in [4.78, 5) is 14.5. The van der Waals surface area contributed by atoms with Crippen molar-refractivity contribution in [2.75, 3.05) is 19.6 Å². The molecule has 1 heterocycles. The third-order valence-electron chi connectivity index (χ3n) is 3.75. The summed E-state index contributed by atoms with van der Waals surface area (Å²) in [7, 11) is 0. The van der Waals surface area contributed by atoms with Crippen LogP contribution in [0.4, 0.5) is 0 Å². The molecule has 1 aliphatic heterocycles. The highest BCUT2D eigenvalue weighted by atomic mass is 35.5. The molecule has 0 saturated carbocycles. The van der Waals surface area contributed by atoms with Crippen molar-refractivity contribution in [3.8, 4) is 0 Å². The Morgan fingerprint density at radius 2 is 2.25 bits per heavy atom. The molecule has 1 saturated heterocycles. The first-order chi connectivity index (χ1) is 9.70. The molecule has 0 bridgehead atoms. The summed E-state index contributed by atoms with van der Waals surface area (Å²) >= 11 is 6.14. The molecule has 0 aliphatic carbocycles. The Kier molecular flexibility index (Phi) is 5.86. The molecule has 1 unspecified atom stereocenters. The highest BCUT2D eigenvalue weighted by Crippen LogP contribution is 2.17. The molecule has 1 aliphatic rings. The first kappa shape index (κ1) is 15.3. The molecular formula is C16H23ClN2O. The van der Waals surface area contributed by atoms with Gasteiger partial charge in [0.25, 0.3) is 0 Å². The Labute approximate surface area is 126 Å². The average molecular weight is 295 g/mol. The molecule has 0 aromatic heterocycles. The Balaban J connectivity index is 1.97. The molecule has 1 N–H and O–H groups in total. The topological polar surface area (TPSA) is 32.3 Å². The number of carbonyl (C=O) groups is 1. The van der Waals surface area contributed by atoms with Gasteiger partial charge in [0.2, 0.25) is 5.91 Å². The number of nitrogens with one attached hydrogen (secondary N) is 1. The van der Waals surface area contributed by atoms with Gasteiger partial charge in [0, 0.05) is 24.2 Å². The minimum Gasteiger partial charge on any atom is -0.341 e. The fourth-order valence-electron chi connectivity index (χ4n) is 2.68.